The number of hydrogen-bond acceptors (Lipinski definition) is 5. The van der Waals surface area contributed by atoms with Gasteiger partial charge in [-0.15, -0.1) is 0 Å². The molecule has 3 rings (SSSR count). The van der Waals surface area contributed by atoms with Gasteiger partial charge in [0.25, 0.3) is 5.91 Å². The van der Waals surface area contributed by atoms with Crippen LogP contribution in [0.4, 0.5) is 0 Å². The summed E-state index contributed by atoms with van der Waals surface area (Å²) in [6.07, 6.45) is 8.66. The van der Waals surface area contributed by atoms with Crippen molar-refractivity contribution in [1.82, 2.24) is 15.5 Å². The Morgan fingerprint density at radius 3 is 2.62 bits per heavy atom. The highest BCUT2D eigenvalue weighted by Crippen LogP contribution is 2.33. The Kier molecular flexibility index (Phi) is 6.32. The van der Waals surface area contributed by atoms with Gasteiger partial charge in [0.05, 0.1) is 25.0 Å². The Morgan fingerprint density at radius 2 is 1.96 bits per heavy atom. The number of amides is 2. The molecule has 2 N–H and O–H groups in total. The quantitative estimate of drug-likeness (QED) is 0.801. The molecule has 1 aromatic rings. The van der Waals surface area contributed by atoms with Crippen molar-refractivity contribution in [3.05, 3.63) is 24.2 Å². The molecule has 144 valence electrons. The van der Waals surface area contributed by atoms with Crippen LogP contribution in [0.15, 0.2) is 23.0 Å². The highest BCUT2D eigenvalue weighted by atomic mass is 16.5. The third-order valence-corrected chi connectivity index (χ3v) is 5.58. The smallest absolute Gasteiger partial charge is 0.255 e. The first-order valence-electron chi connectivity index (χ1n) is 9.54. The molecule has 2 fully saturated rings. The Labute approximate surface area is 154 Å². The summed E-state index contributed by atoms with van der Waals surface area (Å²) in [7, 11) is 0. The molecule has 0 radical (unpaired) electrons. The predicted octanol–water partition coefficient (Wildman–Crippen LogP) is 1.55. The summed E-state index contributed by atoms with van der Waals surface area (Å²) in [5, 5.41) is 5.80. The van der Waals surface area contributed by atoms with Crippen LogP contribution in [0.1, 0.15) is 49.4 Å². The molecule has 2 amide bonds. The van der Waals surface area contributed by atoms with Crippen molar-refractivity contribution >= 4 is 11.8 Å². The second-order valence-electron chi connectivity index (χ2n) is 7.31. The number of morpholine rings is 1. The SMILES string of the molecule is CC(NC(=O)c1ccoc1)C(=O)NCC1(N2CCOCC2)CCCCC1. The summed E-state index contributed by atoms with van der Waals surface area (Å²) in [6.45, 7) is 5.68. The molecular formula is C19H29N3O4. The van der Waals surface area contributed by atoms with Crippen LogP contribution in [0.3, 0.4) is 0 Å². The third kappa shape index (κ3) is 4.45. The highest BCUT2D eigenvalue weighted by molar-refractivity contribution is 5.97. The van der Waals surface area contributed by atoms with E-state index in [4.69, 9.17) is 9.15 Å². The molecule has 1 aromatic heterocycles. The summed E-state index contributed by atoms with van der Waals surface area (Å²) in [6, 6.07) is 0.984. The highest BCUT2D eigenvalue weighted by Gasteiger charge is 2.39. The van der Waals surface area contributed by atoms with Crippen molar-refractivity contribution in [2.45, 2.75) is 50.6 Å². The third-order valence-electron chi connectivity index (χ3n) is 5.58. The molecule has 1 atom stereocenters. The first kappa shape index (κ1) is 18.9. The lowest BCUT2D eigenvalue weighted by molar-refractivity contribution is -0.123. The topological polar surface area (TPSA) is 83.8 Å². The van der Waals surface area contributed by atoms with E-state index in [-0.39, 0.29) is 17.4 Å². The first-order chi connectivity index (χ1) is 12.6. The van der Waals surface area contributed by atoms with Crippen molar-refractivity contribution < 1.29 is 18.7 Å². The fraction of sp³-hybridized carbons (Fsp3) is 0.684. The van der Waals surface area contributed by atoms with Gasteiger partial charge < -0.3 is 19.8 Å². The number of nitrogens with zero attached hydrogens (tertiary/aromatic N) is 1. The minimum Gasteiger partial charge on any atom is -0.472 e. The molecule has 7 heteroatoms. The zero-order valence-electron chi connectivity index (χ0n) is 15.5. The van der Waals surface area contributed by atoms with Gasteiger partial charge in [-0.05, 0) is 25.8 Å². The van der Waals surface area contributed by atoms with Gasteiger partial charge in [-0.2, -0.15) is 0 Å². The Hall–Kier alpha value is -1.86. The van der Waals surface area contributed by atoms with Gasteiger partial charge in [0.1, 0.15) is 12.3 Å². The minimum atomic E-state index is -0.595. The molecule has 2 aliphatic rings. The molecule has 1 saturated heterocycles. The Bertz CT molecular complexity index is 590. The standard InChI is InChI=1S/C19H29N3O4/c1-15(21-18(24)16-5-10-26-13-16)17(23)20-14-19(6-3-2-4-7-19)22-8-11-25-12-9-22/h5,10,13,15H,2-4,6-9,11-12,14H2,1H3,(H,20,23)(H,21,24). The molecule has 26 heavy (non-hydrogen) atoms. The summed E-state index contributed by atoms with van der Waals surface area (Å²) in [5.41, 5.74) is 0.438. The van der Waals surface area contributed by atoms with Gasteiger partial charge in [-0.25, -0.2) is 0 Å². The van der Waals surface area contributed by atoms with Crippen LogP contribution in [0.5, 0.6) is 0 Å². The van der Waals surface area contributed by atoms with Crippen molar-refractivity contribution in [3.8, 4) is 0 Å². The van der Waals surface area contributed by atoms with E-state index in [1.54, 1.807) is 13.0 Å². The molecule has 1 aliphatic carbocycles. The Balaban J connectivity index is 1.55. The monoisotopic (exact) mass is 363 g/mol. The second kappa shape index (κ2) is 8.68. The Morgan fingerprint density at radius 1 is 1.23 bits per heavy atom. The summed E-state index contributed by atoms with van der Waals surface area (Å²) >= 11 is 0. The van der Waals surface area contributed by atoms with E-state index in [0.717, 1.165) is 39.1 Å². The normalized spacial score (nSPS) is 21.7. The molecule has 0 bridgehead atoms. The largest absolute Gasteiger partial charge is 0.472 e. The molecule has 1 saturated carbocycles. The van der Waals surface area contributed by atoms with E-state index in [0.29, 0.717) is 12.1 Å². The number of ether oxygens (including phenoxy) is 1. The number of carbonyl (C=O) groups excluding carboxylic acids is 2. The predicted molar refractivity (Wildman–Crippen MR) is 96.9 cm³/mol. The van der Waals surface area contributed by atoms with E-state index >= 15 is 0 Å². The van der Waals surface area contributed by atoms with Crippen LogP contribution in [-0.4, -0.2) is 61.1 Å². The maximum atomic E-state index is 12.5. The fourth-order valence-corrected chi connectivity index (χ4v) is 4.00. The van der Waals surface area contributed by atoms with Crippen molar-refractivity contribution in [1.29, 1.82) is 0 Å². The summed E-state index contributed by atoms with van der Waals surface area (Å²) < 4.78 is 10.4. The van der Waals surface area contributed by atoms with E-state index in [9.17, 15) is 9.59 Å². The van der Waals surface area contributed by atoms with Crippen molar-refractivity contribution in [2.75, 3.05) is 32.8 Å². The van der Waals surface area contributed by atoms with Crippen molar-refractivity contribution in [3.63, 3.8) is 0 Å². The lowest BCUT2D eigenvalue weighted by Crippen LogP contribution is -2.60. The van der Waals surface area contributed by atoms with Gasteiger partial charge in [0.2, 0.25) is 5.91 Å². The zero-order chi connectivity index (χ0) is 18.4. The minimum absolute atomic E-state index is 0.0198. The summed E-state index contributed by atoms with van der Waals surface area (Å²) in [4.78, 5) is 27.1. The van der Waals surface area contributed by atoms with E-state index in [1.807, 2.05) is 0 Å². The maximum absolute atomic E-state index is 12.5. The molecule has 2 heterocycles. The summed E-state index contributed by atoms with van der Waals surface area (Å²) in [5.74, 6) is -0.456. The van der Waals surface area contributed by atoms with E-state index < -0.39 is 6.04 Å². The van der Waals surface area contributed by atoms with Crippen LogP contribution < -0.4 is 10.6 Å². The molecule has 0 aromatic carbocycles. The molecule has 1 unspecified atom stereocenters. The van der Waals surface area contributed by atoms with Gasteiger partial charge in [0.15, 0.2) is 0 Å². The fourth-order valence-electron chi connectivity index (χ4n) is 4.00. The molecule has 0 spiro atoms. The first-order valence-corrected chi connectivity index (χ1v) is 9.54. The molecule has 7 nitrogen and oxygen atoms in total. The number of carbonyl (C=O) groups is 2. The van der Waals surface area contributed by atoms with Gasteiger partial charge in [0, 0.05) is 25.2 Å². The van der Waals surface area contributed by atoms with Gasteiger partial charge in [-0.3, -0.25) is 14.5 Å². The number of furan rings is 1. The molecule has 1 aliphatic heterocycles. The lowest BCUT2D eigenvalue weighted by Gasteiger charge is -2.48. The van der Waals surface area contributed by atoms with E-state index in [2.05, 4.69) is 15.5 Å². The van der Waals surface area contributed by atoms with Crippen LogP contribution in [0, 0.1) is 0 Å². The lowest BCUT2D eigenvalue weighted by atomic mass is 9.79. The zero-order valence-corrected chi connectivity index (χ0v) is 15.5. The van der Waals surface area contributed by atoms with E-state index in [1.165, 1.54) is 31.8 Å². The van der Waals surface area contributed by atoms with Crippen LogP contribution in [0.25, 0.3) is 0 Å². The van der Waals surface area contributed by atoms with Crippen LogP contribution in [-0.2, 0) is 9.53 Å². The van der Waals surface area contributed by atoms with Gasteiger partial charge >= 0.3 is 0 Å². The number of nitrogens with one attached hydrogen (secondary N) is 2. The van der Waals surface area contributed by atoms with Crippen LogP contribution in [0.2, 0.25) is 0 Å². The maximum Gasteiger partial charge on any atom is 0.255 e. The second-order valence-corrected chi connectivity index (χ2v) is 7.31. The van der Waals surface area contributed by atoms with Crippen LogP contribution >= 0.6 is 0 Å². The number of hydrogen-bond donors (Lipinski definition) is 2. The average Bonchev–Trinajstić information content (AvgIpc) is 3.22. The average molecular weight is 363 g/mol. The van der Waals surface area contributed by atoms with Crippen molar-refractivity contribution in [2.24, 2.45) is 0 Å². The van der Waals surface area contributed by atoms with Gasteiger partial charge in [-0.1, -0.05) is 19.3 Å². The molecular weight excluding hydrogens is 334 g/mol. The number of rotatable bonds is 6.